The molecule has 2 aliphatic rings. The molecule has 0 bridgehead atoms. The fraction of sp³-hybridized carbons (Fsp3) is 0.333. The number of rotatable bonds is 3. The summed E-state index contributed by atoms with van der Waals surface area (Å²) in [5.41, 5.74) is 1.26. The number of hydrogen-bond donors (Lipinski definition) is 0. The Kier molecular flexibility index (Phi) is 4.62. The zero-order valence-corrected chi connectivity index (χ0v) is 15.6. The molecule has 2 atom stereocenters. The van der Waals surface area contributed by atoms with Crippen LogP contribution in [0.4, 0.5) is 0 Å². The van der Waals surface area contributed by atoms with Crippen LogP contribution in [0.25, 0.3) is 0 Å². The summed E-state index contributed by atoms with van der Waals surface area (Å²) in [5.74, 6) is -1.16. The molecule has 0 N–H and O–H groups in total. The van der Waals surface area contributed by atoms with Crippen LogP contribution in [0, 0.1) is 12.8 Å². The van der Waals surface area contributed by atoms with Gasteiger partial charge in [0.15, 0.2) is 0 Å². The molecule has 1 aromatic carbocycles. The summed E-state index contributed by atoms with van der Waals surface area (Å²) in [5, 5.41) is 1.37. The van der Waals surface area contributed by atoms with Crippen molar-refractivity contribution in [3.05, 3.63) is 53.8 Å². The van der Waals surface area contributed by atoms with Crippen molar-refractivity contribution in [1.29, 1.82) is 0 Å². The van der Waals surface area contributed by atoms with Gasteiger partial charge in [-0.25, -0.2) is 4.79 Å². The number of sulfonamides is 1. The molecule has 2 heterocycles. The fourth-order valence-corrected chi connectivity index (χ4v) is 4.54. The van der Waals surface area contributed by atoms with E-state index in [4.69, 9.17) is 4.74 Å². The SMILES string of the molecule is COC(=O)C1=C[C@H]2[C@@H](C)CC(=O)N(S(=O)(=O)c3ccc(C)cc3)N2C=C1. The Balaban J connectivity index is 2.02. The molecule has 1 fully saturated rings. The average molecular weight is 376 g/mol. The summed E-state index contributed by atoms with van der Waals surface area (Å²) in [7, 11) is -2.77. The zero-order valence-electron chi connectivity index (χ0n) is 14.7. The first-order valence-corrected chi connectivity index (χ1v) is 9.61. The number of aryl methyl sites for hydroxylation is 1. The molecule has 138 valence electrons. The maximum Gasteiger partial charge on any atom is 0.337 e. The van der Waals surface area contributed by atoms with E-state index in [0.717, 1.165) is 9.98 Å². The lowest BCUT2D eigenvalue weighted by molar-refractivity contribution is -0.144. The summed E-state index contributed by atoms with van der Waals surface area (Å²) < 4.78 is 31.6. The molecule has 0 saturated carbocycles. The molecule has 7 nitrogen and oxygen atoms in total. The summed E-state index contributed by atoms with van der Waals surface area (Å²) >= 11 is 0. The molecule has 1 amide bonds. The third-order valence-electron chi connectivity index (χ3n) is 4.53. The van der Waals surface area contributed by atoms with Gasteiger partial charge in [-0.2, -0.15) is 8.42 Å². The van der Waals surface area contributed by atoms with Crippen LogP contribution in [-0.4, -0.2) is 42.9 Å². The van der Waals surface area contributed by atoms with Gasteiger partial charge in [-0.1, -0.05) is 24.6 Å². The third kappa shape index (κ3) is 3.01. The second-order valence-corrected chi connectivity index (χ2v) is 8.20. The molecule has 1 saturated heterocycles. The van der Waals surface area contributed by atoms with E-state index in [0.29, 0.717) is 5.57 Å². The van der Waals surface area contributed by atoms with Crippen molar-refractivity contribution in [3.8, 4) is 0 Å². The number of carbonyl (C=O) groups is 2. The quantitative estimate of drug-likeness (QED) is 0.748. The van der Waals surface area contributed by atoms with E-state index in [1.54, 1.807) is 18.2 Å². The molecule has 1 aromatic rings. The van der Waals surface area contributed by atoms with E-state index in [9.17, 15) is 18.0 Å². The first-order chi connectivity index (χ1) is 12.3. The van der Waals surface area contributed by atoms with Crippen LogP contribution in [0.1, 0.15) is 18.9 Å². The van der Waals surface area contributed by atoms with Crippen LogP contribution in [0.5, 0.6) is 0 Å². The number of hydrogen-bond acceptors (Lipinski definition) is 6. The molecule has 26 heavy (non-hydrogen) atoms. The lowest BCUT2D eigenvalue weighted by Crippen LogP contribution is -2.58. The summed E-state index contributed by atoms with van der Waals surface area (Å²) in [6.07, 6.45) is 4.59. The van der Waals surface area contributed by atoms with Gasteiger partial charge in [-0.05, 0) is 37.1 Å². The van der Waals surface area contributed by atoms with Gasteiger partial charge in [0.1, 0.15) is 0 Å². The van der Waals surface area contributed by atoms with Crippen molar-refractivity contribution in [1.82, 2.24) is 9.42 Å². The third-order valence-corrected chi connectivity index (χ3v) is 6.25. The monoisotopic (exact) mass is 376 g/mol. The number of nitrogens with zero attached hydrogens (tertiary/aromatic N) is 2. The highest BCUT2D eigenvalue weighted by Gasteiger charge is 2.44. The van der Waals surface area contributed by atoms with E-state index >= 15 is 0 Å². The molecule has 8 heteroatoms. The minimum absolute atomic E-state index is 0.0425. The fourth-order valence-electron chi connectivity index (χ4n) is 3.10. The normalized spacial score (nSPS) is 22.7. The van der Waals surface area contributed by atoms with Crippen LogP contribution in [-0.2, 0) is 24.3 Å². The number of benzene rings is 1. The topological polar surface area (TPSA) is 84.0 Å². The van der Waals surface area contributed by atoms with E-state index in [2.05, 4.69) is 0 Å². The van der Waals surface area contributed by atoms with Gasteiger partial charge in [0.05, 0.1) is 23.6 Å². The van der Waals surface area contributed by atoms with Crippen LogP contribution in [0.3, 0.4) is 0 Å². The van der Waals surface area contributed by atoms with Crippen molar-refractivity contribution in [2.24, 2.45) is 5.92 Å². The van der Waals surface area contributed by atoms with Gasteiger partial charge in [-0.15, -0.1) is 4.41 Å². The minimum atomic E-state index is -4.05. The maximum absolute atomic E-state index is 13.1. The van der Waals surface area contributed by atoms with Gasteiger partial charge in [0.2, 0.25) is 0 Å². The van der Waals surface area contributed by atoms with Gasteiger partial charge in [-0.3, -0.25) is 9.80 Å². The number of esters is 1. The Hall–Kier alpha value is -2.61. The Morgan fingerprint density at radius 2 is 1.88 bits per heavy atom. The predicted molar refractivity (Wildman–Crippen MR) is 93.9 cm³/mol. The van der Waals surface area contributed by atoms with Crippen LogP contribution in [0.2, 0.25) is 0 Å². The van der Waals surface area contributed by atoms with Crippen molar-refractivity contribution < 1.29 is 22.7 Å². The Morgan fingerprint density at radius 1 is 1.23 bits per heavy atom. The van der Waals surface area contributed by atoms with E-state index in [1.165, 1.54) is 36.5 Å². The highest BCUT2D eigenvalue weighted by Crippen LogP contribution is 2.33. The Bertz CT molecular complexity index is 902. The average Bonchev–Trinajstić information content (AvgIpc) is 2.61. The lowest BCUT2D eigenvalue weighted by Gasteiger charge is -2.45. The highest BCUT2D eigenvalue weighted by atomic mass is 32.2. The van der Waals surface area contributed by atoms with Crippen LogP contribution in [0.15, 0.2) is 53.1 Å². The van der Waals surface area contributed by atoms with Gasteiger partial charge < -0.3 is 4.74 Å². The second-order valence-electron chi connectivity index (χ2n) is 6.44. The minimum Gasteiger partial charge on any atom is -0.465 e. The van der Waals surface area contributed by atoms with Crippen LogP contribution >= 0.6 is 0 Å². The first-order valence-electron chi connectivity index (χ1n) is 8.17. The van der Waals surface area contributed by atoms with E-state index in [-0.39, 0.29) is 17.2 Å². The number of carbonyl (C=O) groups excluding carboxylic acids is 2. The van der Waals surface area contributed by atoms with Gasteiger partial charge >= 0.3 is 5.97 Å². The van der Waals surface area contributed by atoms with Gasteiger partial charge in [0.25, 0.3) is 15.9 Å². The van der Waals surface area contributed by atoms with E-state index < -0.39 is 27.9 Å². The standard InChI is InChI=1S/C18H20N2O5S/c1-12-4-6-15(7-5-12)26(23,24)20-17(21)10-13(2)16-11-14(18(22)25-3)8-9-19(16)20/h4-9,11,13,16H,10H2,1-3H3/t13-,16-/m0/s1. The molecule has 0 unspecified atom stereocenters. The zero-order chi connectivity index (χ0) is 19.1. The summed E-state index contributed by atoms with van der Waals surface area (Å²) in [6, 6.07) is 5.89. The number of ether oxygens (including phenoxy) is 1. The Labute approximate surface area is 152 Å². The van der Waals surface area contributed by atoms with Crippen molar-refractivity contribution in [3.63, 3.8) is 0 Å². The molecular weight excluding hydrogens is 356 g/mol. The maximum atomic E-state index is 13.1. The molecule has 3 rings (SSSR count). The first kappa shape index (κ1) is 18.2. The molecule has 2 aliphatic heterocycles. The van der Waals surface area contributed by atoms with Crippen molar-refractivity contribution in [2.75, 3.05) is 7.11 Å². The number of amides is 1. The van der Waals surface area contributed by atoms with Gasteiger partial charge in [0, 0.05) is 12.6 Å². The summed E-state index contributed by atoms with van der Waals surface area (Å²) in [4.78, 5) is 24.4. The van der Waals surface area contributed by atoms with Crippen molar-refractivity contribution >= 4 is 21.9 Å². The number of fused-ring (bicyclic) bond motifs is 1. The lowest BCUT2D eigenvalue weighted by atomic mass is 9.92. The highest BCUT2D eigenvalue weighted by molar-refractivity contribution is 7.89. The molecule has 0 aliphatic carbocycles. The van der Waals surface area contributed by atoms with E-state index in [1.807, 2.05) is 13.8 Å². The number of methoxy groups -OCH3 is 1. The molecule has 0 spiro atoms. The largest absolute Gasteiger partial charge is 0.465 e. The van der Waals surface area contributed by atoms with Crippen molar-refractivity contribution in [2.45, 2.75) is 31.2 Å². The molecule has 0 aromatic heterocycles. The Morgan fingerprint density at radius 3 is 2.50 bits per heavy atom. The second kappa shape index (κ2) is 6.60. The molecular formula is C18H20N2O5S. The predicted octanol–water partition coefficient (Wildman–Crippen LogP) is 1.76. The molecule has 0 radical (unpaired) electrons. The summed E-state index contributed by atoms with van der Waals surface area (Å²) in [6.45, 7) is 3.70. The number of hydrazine groups is 1. The smallest absolute Gasteiger partial charge is 0.337 e. The van der Waals surface area contributed by atoms with Crippen LogP contribution < -0.4 is 0 Å².